The third-order valence-corrected chi connectivity index (χ3v) is 4.34. The first kappa shape index (κ1) is 18.5. The summed E-state index contributed by atoms with van der Waals surface area (Å²) in [6.45, 7) is 2.27. The van der Waals surface area contributed by atoms with E-state index >= 15 is 0 Å². The van der Waals surface area contributed by atoms with Gasteiger partial charge in [-0.05, 0) is 43.7 Å². The molecule has 136 valence electrons. The second-order valence-corrected chi connectivity index (χ2v) is 6.65. The number of aromatic nitrogens is 3. The molecular formula is C18H18Cl2N4O2. The number of nitrogens with one attached hydrogen (secondary N) is 1. The predicted octanol–water partition coefficient (Wildman–Crippen LogP) is 4.07. The minimum Gasteiger partial charge on any atom is -0.492 e. The number of halogens is 2. The quantitative estimate of drug-likeness (QED) is 0.615. The average molecular weight is 393 g/mol. The molecule has 0 spiro atoms. The van der Waals surface area contributed by atoms with Gasteiger partial charge in [-0.2, -0.15) is 0 Å². The van der Waals surface area contributed by atoms with Crippen molar-refractivity contribution in [2.75, 3.05) is 6.61 Å². The smallest absolute Gasteiger partial charge is 0.220 e. The predicted molar refractivity (Wildman–Crippen MR) is 101 cm³/mol. The number of hydrogen-bond acceptors (Lipinski definition) is 4. The van der Waals surface area contributed by atoms with Crippen LogP contribution >= 0.6 is 23.2 Å². The summed E-state index contributed by atoms with van der Waals surface area (Å²) in [6.07, 6.45) is 2.78. The Morgan fingerprint density at radius 2 is 2.12 bits per heavy atom. The molecule has 6 nitrogen and oxygen atoms in total. The van der Waals surface area contributed by atoms with E-state index in [-0.39, 0.29) is 11.9 Å². The lowest BCUT2D eigenvalue weighted by Crippen LogP contribution is -2.28. The summed E-state index contributed by atoms with van der Waals surface area (Å²) in [5.41, 5.74) is 0.747. The van der Waals surface area contributed by atoms with Crippen molar-refractivity contribution in [2.45, 2.75) is 25.8 Å². The second kappa shape index (κ2) is 8.38. The average Bonchev–Trinajstić information content (AvgIpc) is 3.04. The molecule has 3 rings (SSSR count). The topological polar surface area (TPSA) is 68.5 Å². The maximum Gasteiger partial charge on any atom is 0.220 e. The second-order valence-electron chi connectivity index (χ2n) is 5.80. The lowest BCUT2D eigenvalue weighted by Gasteiger charge is -2.13. The molecule has 1 amide bonds. The van der Waals surface area contributed by atoms with Crippen molar-refractivity contribution in [3.63, 3.8) is 0 Å². The molecule has 0 fully saturated rings. The summed E-state index contributed by atoms with van der Waals surface area (Å²) < 4.78 is 7.44. The highest BCUT2D eigenvalue weighted by molar-refractivity contribution is 6.35. The number of carbonyl (C=O) groups is 1. The molecular weight excluding hydrogens is 375 g/mol. The van der Waals surface area contributed by atoms with Crippen LogP contribution in [0.25, 0.3) is 5.65 Å². The summed E-state index contributed by atoms with van der Waals surface area (Å²) >= 11 is 11.9. The van der Waals surface area contributed by atoms with Crippen LogP contribution in [-0.2, 0) is 4.79 Å². The minimum absolute atomic E-state index is 0.0732. The van der Waals surface area contributed by atoms with Gasteiger partial charge in [0.1, 0.15) is 5.75 Å². The first-order valence-corrected chi connectivity index (χ1v) is 8.97. The van der Waals surface area contributed by atoms with Crippen molar-refractivity contribution < 1.29 is 9.53 Å². The van der Waals surface area contributed by atoms with Crippen molar-refractivity contribution in [2.24, 2.45) is 0 Å². The van der Waals surface area contributed by atoms with Crippen LogP contribution in [0.1, 0.15) is 31.6 Å². The highest BCUT2D eigenvalue weighted by atomic mass is 35.5. The Morgan fingerprint density at radius 3 is 2.92 bits per heavy atom. The molecule has 1 N–H and O–H groups in total. The van der Waals surface area contributed by atoms with Gasteiger partial charge in [0.2, 0.25) is 5.91 Å². The van der Waals surface area contributed by atoms with Gasteiger partial charge in [-0.3, -0.25) is 9.20 Å². The number of rotatable bonds is 7. The lowest BCUT2D eigenvalue weighted by molar-refractivity contribution is -0.122. The summed E-state index contributed by atoms with van der Waals surface area (Å²) in [5, 5.41) is 12.2. The van der Waals surface area contributed by atoms with Crippen LogP contribution in [0.4, 0.5) is 0 Å². The van der Waals surface area contributed by atoms with E-state index in [1.54, 1.807) is 18.2 Å². The van der Waals surface area contributed by atoms with Crippen LogP contribution in [0.3, 0.4) is 0 Å². The number of ether oxygens (including phenoxy) is 1. The van der Waals surface area contributed by atoms with Crippen LogP contribution in [-0.4, -0.2) is 27.1 Å². The van der Waals surface area contributed by atoms with Gasteiger partial charge in [0.25, 0.3) is 0 Å². The minimum atomic E-state index is -0.244. The number of fused-ring (bicyclic) bond motifs is 1. The van der Waals surface area contributed by atoms with Crippen LogP contribution in [0.15, 0.2) is 42.6 Å². The molecule has 1 unspecified atom stereocenters. The van der Waals surface area contributed by atoms with Crippen molar-refractivity contribution in [1.82, 2.24) is 19.9 Å². The largest absolute Gasteiger partial charge is 0.492 e. The van der Waals surface area contributed by atoms with E-state index in [9.17, 15) is 4.79 Å². The zero-order valence-electron chi connectivity index (χ0n) is 14.2. The third-order valence-electron chi connectivity index (χ3n) is 3.80. The fraction of sp³-hybridized carbons (Fsp3) is 0.278. The van der Waals surface area contributed by atoms with E-state index < -0.39 is 0 Å². The van der Waals surface area contributed by atoms with Crippen LogP contribution in [0, 0.1) is 0 Å². The van der Waals surface area contributed by atoms with Gasteiger partial charge in [-0.25, -0.2) is 0 Å². The highest BCUT2D eigenvalue weighted by Crippen LogP contribution is 2.27. The van der Waals surface area contributed by atoms with E-state index in [0.717, 1.165) is 5.65 Å². The molecule has 8 heteroatoms. The Kier molecular flexibility index (Phi) is 5.96. The first-order chi connectivity index (χ1) is 12.5. The number of nitrogens with zero attached hydrogens (tertiary/aromatic N) is 3. The fourth-order valence-corrected chi connectivity index (χ4v) is 3.00. The number of pyridine rings is 1. The fourth-order valence-electron chi connectivity index (χ4n) is 2.54. The van der Waals surface area contributed by atoms with E-state index in [0.29, 0.717) is 41.1 Å². The summed E-state index contributed by atoms with van der Waals surface area (Å²) in [7, 11) is 0. The van der Waals surface area contributed by atoms with Crippen molar-refractivity contribution >= 4 is 34.8 Å². The van der Waals surface area contributed by atoms with Gasteiger partial charge in [0.15, 0.2) is 11.5 Å². The van der Waals surface area contributed by atoms with Gasteiger partial charge in [0.05, 0.1) is 17.7 Å². The Bertz CT molecular complexity index is 913. The molecule has 3 aromatic rings. The van der Waals surface area contributed by atoms with Gasteiger partial charge in [0, 0.05) is 17.6 Å². The molecule has 0 bridgehead atoms. The molecule has 2 aromatic heterocycles. The summed E-state index contributed by atoms with van der Waals surface area (Å²) in [6, 6.07) is 10.5. The normalized spacial score (nSPS) is 12.1. The molecule has 0 aliphatic heterocycles. The van der Waals surface area contributed by atoms with Crippen molar-refractivity contribution in [3.05, 3.63) is 58.5 Å². The number of amides is 1. The Labute approximate surface area is 161 Å². The molecule has 0 saturated carbocycles. The SMILES string of the molecule is CC(NC(=O)CCCOc1ccc(Cl)cc1Cl)c1nnc2ccccn12. The van der Waals surface area contributed by atoms with Gasteiger partial charge in [-0.15, -0.1) is 10.2 Å². The van der Waals surface area contributed by atoms with E-state index in [4.69, 9.17) is 27.9 Å². The number of hydrogen-bond donors (Lipinski definition) is 1. The number of benzene rings is 1. The number of carbonyl (C=O) groups excluding carboxylic acids is 1. The van der Waals surface area contributed by atoms with E-state index in [2.05, 4.69) is 15.5 Å². The molecule has 0 radical (unpaired) electrons. The molecule has 0 aliphatic carbocycles. The van der Waals surface area contributed by atoms with Gasteiger partial charge >= 0.3 is 0 Å². The van der Waals surface area contributed by atoms with Crippen LogP contribution in [0.5, 0.6) is 5.75 Å². The zero-order valence-corrected chi connectivity index (χ0v) is 15.7. The standard InChI is InChI=1S/C18H18Cl2N4O2/c1-12(18-23-22-16-5-2-3-9-24(16)18)21-17(25)6-4-10-26-15-8-7-13(19)11-14(15)20/h2-3,5,7-9,11-12H,4,6,10H2,1H3,(H,21,25). The highest BCUT2D eigenvalue weighted by Gasteiger charge is 2.15. The Morgan fingerprint density at radius 1 is 1.27 bits per heavy atom. The molecule has 0 saturated heterocycles. The lowest BCUT2D eigenvalue weighted by atomic mass is 10.2. The summed E-state index contributed by atoms with van der Waals surface area (Å²) in [4.78, 5) is 12.1. The maximum atomic E-state index is 12.1. The van der Waals surface area contributed by atoms with Crippen LogP contribution in [0.2, 0.25) is 10.0 Å². The van der Waals surface area contributed by atoms with Crippen LogP contribution < -0.4 is 10.1 Å². The van der Waals surface area contributed by atoms with Gasteiger partial charge < -0.3 is 10.1 Å². The molecule has 0 aliphatic rings. The molecule has 1 atom stereocenters. The Hall–Kier alpha value is -2.31. The van der Waals surface area contributed by atoms with E-state index in [1.807, 2.05) is 35.7 Å². The van der Waals surface area contributed by atoms with Gasteiger partial charge in [-0.1, -0.05) is 29.3 Å². The molecule has 2 heterocycles. The maximum absolute atomic E-state index is 12.1. The monoisotopic (exact) mass is 392 g/mol. The molecule has 26 heavy (non-hydrogen) atoms. The van der Waals surface area contributed by atoms with E-state index in [1.165, 1.54) is 0 Å². The first-order valence-electron chi connectivity index (χ1n) is 8.21. The summed E-state index contributed by atoms with van der Waals surface area (Å²) in [5.74, 6) is 1.17. The van der Waals surface area contributed by atoms with Crippen molar-refractivity contribution in [3.8, 4) is 5.75 Å². The Balaban J connectivity index is 1.46. The van der Waals surface area contributed by atoms with Crippen molar-refractivity contribution in [1.29, 1.82) is 0 Å². The third kappa shape index (κ3) is 4.45. The molecule has 1 aromatic carbocycles. The zero-order chi connectivity index (χ0) is 18.5.